The van der Waals surface area contributed by atoms with Crippen molar-refractivity contribution in [2.75, 3.05) is 0 Å². The van der Waals surface area contributed by atoms with Crippen LogP contribution in [-0.2, 0) is 0 Å². The van der Waals surface area contributed by atoms with Crippen molar-refractivity contribution in [2.24, 2.45) is 0 Å². The lowest BCUT2D eigenvalue weighted by molar-refractivity contribution is 0.139. The maximum absolute atomic E-state index is 12.3. The van der Waals surface area contributed by atoms with Gasteiger partial charge in [-0.25, -0.2) is 8.78 Å². The summed E-state index contributed by atoms with van der Waals surface area (Å²) in [6.45, 7) is 0. The van der Waals surface area contributed by atoms with Crippen LogP contribution >= 0.6 is 15.9 Å². The molecule has 0 aliphatic rings. The van der Waals surface area contributed by atoms with Gasteiger partial charge in [0.2, 0.25) is 5.82 Å². The predicted octanol–water partition coefficient (Wildman–Crippen LogP) is 2.43. The molecule has 2 heterocycles. The maximum atomic E-state index is 12.3. The van der Waals surface area contributed by atoms with Crippen molar-refractivity contribution >= 4 is 21.6 Å². The van der Waals surface area contributed by atoms with Crippen LogP contribution in [0.3, 0.4) is 0 Å². The van der Waals surface area contributed by atoms with E-state index in [0.29, 0.717) is 10.1 Å². The molecule has 0 spiro atoms. The summed E-state index contributed by atoms with van der Waals surface area (Å²) in [6.07, 6.45) is -1.11. The van der Waals surface area contributed by atoms with Crippen LogP contribution in [0.5, 0.6) is 0 Å². The zero-order valence-corrected chi connectivity index (χ0v) is 7.87. The topological polar surface area (TPSA) is 30.2 Å². The molecule has 0 aromatic carbocycles. The van der Waals surface area contributed by atoms with E-state index in [2.05, 4.69) is 26.1 Å². The monoisotopic (exact) mass is 247 g/mol. The van der Waals surface area contributed by atoms with Crippen molar-refractivity contribution in [3.8, 4) is 0 Å². The molecule has 2 aromatic heterocycles. The average molecular weight is 248 g/mol. The fourth-order valence-electron chi connectivity index (χ4n) is 1.05. The van der Waals surface area contributed by atoms with E-state index < -0.39 is 6.43 Å². The zero-order chi connectivity index (χ0) is 9.42. The number of nitrogens with zero attached hydrogens (tertiary/aromatic N) is 3. The molecule has 0 aliphatic heterocycles. The lowest BCUT2D eigenvalue weighted by Crippen LogP contribution is -1.94. The van der Waals surface area contributed by atoms with Gasteiger partial charge >= 0.3 is 0 Å². The van der Waals surface area contributed by atoms with E-state index in [9.17, 15) is 8.78 Å². The number of hydrogen-bond acceptors (Lipinski definition) is 2. The van der Waals surface area contributed by atoms with Crippen LogP contribution in [-0.4, -0.2) is 14.6 Å². The second kappa shape index (κ2) is 3.02. The van der Waals surface area contributed by atoms with Gasteiger partial charge in [0.25, 0.3) is 6.43 Å². The summed E-state index contributed by atoms with van der Waals surface area (Å²) < 4.78 is 26.6. The SMILES string of the molecule is FC(F)c1nnc2c(Br)cccn12. The highest BCUT2D eigenvalue weighted by Gasteiger charge is 2.15. The molecule has 2 aromatic rings. The van der Waals surface area contributed by atoms with Crippen molar-refractivity contribution in [1.29, 1.82) is 0 Å². The molecule has 0 radical (unpaired) electrons. The lowest BCUT2D eigenvalue weighted by Gasteiger charge is -1.97. The van der Waals surface area contributed by atoms with Crippen molar-refractivity contribution in [2.45, 2.75) is 6.43 Å². The summed E-state index contributed by atoms with van der Waals surface area (Å²) >= 11 is 3.19. The van der Waals surface area contributed by atoms with Gasteiger partial charge in [0, 0.05) is 6.20 Å². The van der Waals surface area contributed by atoms with E-state index in [1.165, 1.54) is 10.6 Å². The van der Waals surface area contributed by atoms with Gasteiger partial charge in [-0.05, 0) is 28.1 Å². The molecule has 0 saturated carbocycles. The van der Waals surface area contributed by atoms with Crippen LogP contribution < -0.4 is 0 Å². The van der Waals surface area contributed by atoms with E-state index >= 15 is 0 Å². The number of fused-ring (bicyclic) bond motifs is 1. The molecule has 6 heteroatoms. The Morgan fingerprint density at radius 2 is 2.15 bits per heavy atom. The Balaban J connectivity index is 2.75. The first kappa shape index (κ1) is 8.55. The average Bonchev–Trinajstić information content (AvgIpc) is 2.48. The molecule has 0 fully saturated rings. The Hall–Kier alpha value is -1.04. The third kappa shape index (κ3) is 1.31. The zero-order valence-electron chi connectivity index (χ0n) is 6.28. The number of alkyl halides is 2. The molecule has 0 N–H and O–H groups in total. The van der Waals surface area contributed by atoms with Crippen molar-refractivity contribution in [1.82, 2.24) is 14.6 Å². The highest BCUT2D eigenvalue weighted by molar-refractivity contribution is 9.10. The van der Waals surface area contributed by atoms with Crippen LogP contribution in [0.15, 0.2) is 22.8 Å². The fourth-order valence-corrected chi connectivity index (χ4v) is 1.47. The van der Waals surface area contributed by atoms with Gasteiger partial charge in [0.1, 0.15) is 0 Å². The molecule has 0 saturated heterocycles. The van der Waals surface area contributed by atoms with E-state index in [4.69, 9.17) is 0 Å². The first-order valence-corrected chi connectivity index (χ1v) is 4.27. The van der Waals surface area contributed by atoms with Crippen molar-refractivity contribution in [3.63, 3.8) is 0 Å². The number of pyridine rings is 1. The fraction of sp³-hybridized carbons (Fsp3) is 0.143. The molecule has 68 valence electrons. The molecular weight excluding hydrogens is 244 g/mol. The largest absolute Gasteiger partial charge is 0.297 e. The normalized spacial score (nSPS) is 11.4. The van der Waals surface area contributed by atoms with Crippen molar-refractivity contribution in [3.05, 3.63) is 28.6 Å². The summed E-state index contributed by atoms with van der Waals surface area (Å²) in [5.41, 5.74) is 0.401. The quantitative estimate of drug-likeness (QED) is 0.775. The minimum absolute atomic E-state index is 0.337. The van der Waals surface area contributed by atoms with Gasteiger partial charge in [0.05, 0.1) is 4.47 Å². The number of hydrogen-bond donors (Lipinski definition) is 0. The van der Waals surface area contributed by atoms with Gasteiger partial charge in [-0.1, -0.05) is 0 Å². The summed E-state index contributed by atoms with van der Waals surface area (Å²) in [7, 11) is 0. The number of aromatic nitrogens is 3. The van der Waals surface area contributed by atoms with Gasteiger partial charge in [0.15, 0.2) is 5.65 Å². The van der Waals surface area contributed by atoms with Crippen LogP contribution in [0.25, 0.3) is 5.65 Å². The van der Waals surface area contributed by atoms with Crippen LogP contribution in [0.2, 0.25) is 0 Å². The minimum atomic E-state index is -2.61. The third-order valence-electron chi connectivity index (χ3n) is 1.61. The highest BCUT2D eigenvalue weighted by atomic mass is 79.9. The van der Waals surface area contributed by atoms with Crippen LogP contribution in [0, 0.1) is 0 Å². The Morgan fingerprint density at radius 1 is 1.38 bits per heavy atom. The maximum Gasteiger partial charge on any atom is 0.297 e. The second-order valence-corrected chi connectivity index (χ2v) is 3.26. The summed E-state index contributed by atoms with van der Waals surface area (Å²) in [6, 6.07) is 3.37. The molecule has 2 rings (SSSR count). The minimum Gasteiger partial charge on any atom is -0.281 e. The summed E-state index contributed by atoms with van der Waals surface area (Å²) in [4.78, 5) is 0. The molecule has 0 amide bonds. The molecule has 0 atom stereocenters. The van der Waals surface area contributed by atoms with Crippen molar-refractivity contribution < 1.29 is 8.78 Å². The molecule has 0 unspecified atom stereocenters. The third-order valence-corrected chi connectivity index (χ3v) is 2.23. The number of halogens is 3. The molecule has 0 aliphatic carbocycles. The van der Waals surface area contributed by atoms with Gasteiger partial charge in [-0.3, -0.25) is 4.40 Å². The van der Waals surface area contributed by atoms with E-state index in [1.807, 2.05) is 0 Å². The van der Waals surface area contributed by atoms with Gasteiger partial charge < -0.3 is 0 Å². The van der Waals surface area contributed by atoms with Crippen LogP contribution in [0.4, 0.5) is 8.78 Å². The highest BCUT2D eigenvalue weighted by Crippen LogP contribution is 2.21. The smallest absolute Gasteiger partial charge is 0.281 e. The standard InChI is InChI=1S/C7H4BrF2N3/c8-4-2-1-3-13-6(4)11-12-7(13)5(9)10/h1-3,5H. The Kier molecular flexibility index (Phi) is 1.99. The summed E-state index contributed by atoms with van der Waals surface area (Å²) in [5.74, 6) is -0.337. The van der Waals surface area contributed by atoms with E-state index in [1.54, 1.807) is 12.1 Å². The lowest BCUT2D eigenvalue weighted by atomic mass is 10.5. The van der Waals surface area contributed by atoms with Gasteiger partial charge in [-0.2, -0.15) is 0 Å². The Labute approximate surface area is 80.5 Å². The molecular formula is C7H4BrF2N3. The molecule has 13 heavy (non-hydrogen) atoms. The molecule has 3 nitrogen and oxygen atoms in total. The Morgan fingerprint density at radius 3 is 2.85 bits per heavy atom. The Bertz CT molecular complexity index is 440. The predicted molar refractivity (Wildman–Crippen MR) is 45.6 cm³/mol. The number of rotatable bonds is 1. The van der Waals surface area contributed by atoms with Gasteiger partial charge in [-0.15, -0.1) is 10.2 Å². The second-order valence-electron chi connectivity index (χ2n) is 2.41. The summed E-state index contributed by atoms with van der Waals surface area (Å²) in [5, 5.41) is 7.01. The first-order chi connectivity index (χ1) is 6.20. The van der Waals surface area contributed by atoms with Crippen LogP contribution in [0.1, 0.15) is 12.2 Å². The van der Waals surface area contributed by atoms with E-state index in [0.717, 1.165) is 0 Å². The van der Waals surface area contributed by atoms with E-state index in [-0.39, 0.29) is 5.82 Å². The molecule has 0 bridgehead atoms. The first-order valence-electron chi connectivity index (χ1n) is 3.47.